The second kappa shape index (κ2) is 17.4. The number of ether oxygens (including phenoxy) is 3. The number of nitro groups is 1. The number of fused-ring (bicyclic) bond motifs is 2. The number of nitrogens with zero attached hydrogens (tertiary/aromatic N) is 1. The van der Waals surface area contributed by atoms with Gasteiger partial charge in [-0.15, -0.1) is 0 Å². The second-order valence-electron chi connectivity index (χ2n) is 12.2. The van der Waals surface area contributed by atoms with Crippen LogP contribution >= 0.6 is 0 Å². The van der Waals surface area contributed by atoms with E-state index in [-0.39, 0.29) is 46.6 Å². The topological polar surface area (TPSA) is 226 Å². The van der Waals surface area contributed by atoms with Gasteiger partial charge in [0.2, 0.25) is 11.6 Å². The monoisotopic (exact) mass is 694 g/mol. The van der Waals surface area contributed by atoms with Crippen molar-refractivity contribution in [2.45, 2.75) is 65.0 Å². The van der Waals surface area contributed by atoms with Crippen LogP contribution in [0.25, 0.3) is 0 Å². The van der Waals surface area contributed by atoms with Gasteiger partial charge in [0.25, 0.3) is 17.5 Å². The van der Waals surface area contributed by atoms with Gasteiger partial charge in [0, 0.05) is 55.1 Å². The highest BCUT2D eigenvalue weighted by atomic mass is 16.6. The SMILES string of the molecule is CO[C@H]1/C=C\C=C(/C)C(=O)NC2=CC(=O)C(NC(=O)c3ccc([N+](=O)[O-])cc3)=C(C[C@@H](C)C[C@H](OC)[C@H](O)[C@@H](C)/C=C(\C)[C@@H]1OC(N)=O)C2=O. The fourth-order valence-corrected chi connectivity index (χ4v) is 5.64. The van der Waals surface area contributed by atoms with E-state index < -0.39 is 70.6 Å². The minimum atomic E-state index is -1.08. The predicted molar refractivity (Wildman–Crippen MR) is 180 cm³/mol. The van der Waals surface area contributed by atoms with Crippen LogP contribution in [0, 0.1) is 22.0 Å². The van der Waals surface area contributed by atoms with Gasteiger partial charge in [0.1, 0.15) is 6.10 Å². The zero-order valence-electron chi connectivity index (χ0n) is 28.6. The molecule has 6 atom stereocenters. The summed E-state index contributed by atoms with van der Waals surface area (Å²) in [6.45, 7) is 6.67. The third kappa shape index (κ3) is 9.90. The Hall–Kier alpha value is -5.25. The normalized spacial score (nSPS) is 28.3. The summed E-state index contributed by atoms with van der Waals surface area (Å²) in [5.74, 6) is -3.91. The lowest BCUT2D eigenvalue weighted by Crippen LogP contribution is -2.38. The summed E-state index contributed by atoms with van der Waals surface area (Å²) in [6.07, 6.45) is 2.48. The molecule has 0 aromatic heterocycles. The van der Waals surface area contributed by atoms with Crippen molar-refractivity contribution < 1.29 is 48.2 Å². The van der Waals surface area contributed by atoms with E-state index in [1.165, 1.54) is 51.5 Å². The molecule has 3 rings (SSSR count). The maximum Gasteiger partial charge on any atom is 0.405 e. The van der Waals surface area contributed by atoms with Crippen molar-refractivity contribution in [3.63, 3.8) is 0 Å². The number of ketones is 2. The molecule has 15 heteroatoms. The summed E-state index contributed by atoms with van der Waals surface area (Å²) in [7, 11) is 2.81. The molecule has 2 bridgehead atoms. The number of nitrogens with two attached hydrogens (primary N) is 1. The van der Waals surface area contributed by atoms with E-state index in [9.17, 15) is 39.2 Å². The molecule has 0 saturated heterocycles. The average molecular weight is 695 g/mol. The van der Waals surface area contributed by atoms with Crippen LogP contribution in [0.3, 0.4) is 0 Å². The van der Waals surface area contributed by atoms with Gasteiger partial charge < -0.3 is 35.7 Å². The quantitative estimate of drug-likeness (QED) is 0.146. The molecule has 5 N–H and O–H groups in total. The van der Waals surface area contributed by atoms with Crippen molar-refractivity contribution in [1.29, 1.82) is 0 Å². The van der Waals surface area contributed by atoms with Crippen molar-refractivity contribution >= 4 is 35.2 Å². The highest BCUT2D eigenvalue weighted by Crippen LogP contribution is 2.29. The molecule has 1 aliphatic heterocycles. The molecular formula is C35H42N4O11. The van der Waals surface area contributed by atoms with Crippen molar-refractivity contribution in [3.8, 4) is 0 Å². The van der Waals surface area contributed by atoms with Crippen LogP contribution < -0.4 is 16.4 Å². The lowest BCUT2D eigenvalue weighted by atomic mass is 9.85. The van der Waals surface area contributed by atoms with E-state index in [2.05, 4.69) is 10.6 Å². The first kappa shape index (κ1) is 39.2. The number of benzene rings is 1. The lowest BCUT2D eigenvalue weighted by molar-refractivity contribution is -0.384. The van der Waals surface area contributed by atoms with E-state index in [0.717, 1.165) is 18.2 Å². The van der Waals surface area contributed by atoms with Crippen LogP contribution in [0.4, 0.5) is 10.5 Å². The Balaban J connectivity index is 2.08. The van der Waals surface area contributed by atoms with Crippen LogP contribution in [0.2, 0.25) is 0 Å². The van der Waals surface area contributed by atoms with E-state index in [1.807, 2.05) is 0 Å². The number of nitro benzene ring substituents is 1. The number of aliphatic hydroxyl groups is 1. The Morgan fingerprint density at radius 3 is 2.32 bits per heavy atom. The molecule has 0 radical (unpaired) electrons. The van der Waals surface area contributed by atoms with E-state index in [0.29, 0.717) is 5.57 Å². The number of aliphatic hydroxyl groups excluding tert-OH is 1. The number of allylic oxidation sites excluding steroid dienone is 4. The van der Waals surface area contributed by atoms with Gasteiger partial charge in [-0.25, -0.2) is 4.79 Å². The minimum absolute atomic E-state index is 0.00378. The molecule has 15 nitrogen and oxygen atoms in total. The first-order chi connectivity index (χ1) is 23.6. The highest BCUT2D eigenvalue weighted by molar-refractivity contribution is 6.24. The fraction of sp³-hybridized carbons (Fsp3) is 0.400. The largest absolute Gasteiger partial charge is 0.439 e. The van der Waals surface area contributed by atoms with Gasteiger partial charge in [0.15, 0.2) is 6.10 Å². The third-order valence-electron chi connectivity index (χ3n) is 8.37. The van der Waals surface area contributed by atoms with Gasteiger partial charge in [-0.3, -0.25) is 29.3 Å². The molecule has 0 saturated carbocycles. The smallest absolute Gasteiger partial charge is 0.405 e. The number of carbonyl (C=O) groups excluding carboxylic acids is 5. The summed E-state index contributed by atoms with van der Waals surface area (Å²) in [6, 6.07) is 4.70. The van der Waals surface area contributed by atoms with Crippen molar-refractivity contribution in [3.05, 3.63) is 98.4 Å². The second-order valence-corrected chi connectivity index (χ2v) is 12.2. The Labute approximate surface area is 289 Å². The summed E-state index contributed by atoms with van der Waals surface area (Å²) in [4.78, 5) is 75.8. The molecule has 0 unspecified atom stereocenters. The Morgan fingerprint density at radius 1 is 1.08 bits per heavy atom. The first-order valence-corrected chi connectivity index (χ1v) is 15.7. The standard InChI is InChI=1S/C35H42N4O11/c1-18-14-24-29(38-34(44)22-10-12-23(13-11-22)39(46)47)26(40)17-25(31(24)42)37-33(43)19(2)8-7-9-27(48-5)32(50-35(36)45)21(4)16-20(3)30(41)28(15-18)49-6/h7-13,16-18,20,27-28,30,32,41H,14-15H2,1-6H3,(H2,36,45)(H,37,43)(H,38,44)/b9-7-,19-8+,21-16+/t18-,20+,27+,28+,30-,32+/m1/s1. The summed E-state index contributed by atoms with van der Waals surface area (Å²) in [5.41, 5.74) is 5.07. The fourth-order valence-electron chi connectivity index (χ4n) is 5.64. The molecule has 1 aliphatic carbocycles. The summed E-state index contributed by atoms with van der Waals surface area (Å²) < 4.78 is 16.5. The molecular weight excluding hydrogens is 652 g/mol. The number of hydrogen-bond donors (Lipinski definition) is 4. The van der Waals surface area contributed by atoms with Gasteiger partial charge in [0.05, 0.1) is 28.5 Å². The van der Waals surface area contributed by atoms with Gasteiger partial charge >= 0.3 is 6.09 Å². The Morgan fingerprint density at radius 2 is 1.74 bits per heavy atom. The number of rotatable bonds is 6. The molecule has 2 aliphatic rings. The van der Waals surface area contributed by atoms with Gasteiger partial charge in [-0.05, 0) is 50.3 Å². The number of methoxy groups -OCH3 is 2. The Bertz CT molecular complexity index is 1670. The number of Topliss-reactive ketones (excluding diaryl/α,β-unsaturated/α-hetero) is 1. The third-order valence-corrected chi connectivity index (χ3v) is 8.37. The maximum absolute atomic E-state index is 13.9. The minimum Gasteiger partial charge on any atom is -0.439 e. The van der Waals surface area contributed by atoms with E-state index in [1.54, 1.807) is 26.8 Å². The molecule has 3 amide bonds. The number of hydrogen-bond acceptors (Lipinski definition) is 11. The predicted octanol–water partition coefficient (Wildman–Crippen LogP) is 3.10. The van der Waals surface area contributed by atoms with E-state index >= 15 is 0 Å². The zero-order chi connectivity index (χ0) is 37.3. The zero-order valence-corrected chi connectivity index (χ0v) is 28.6. The molecule has 0 fully saturated rings. The number of nitrogens with one attached hydrogen (secondary N) is 2. The number of carbonyl (C=O) groups is 5. The summed E-state index contributed by atoms with van der Waals surface area (Å²) >= 11 is 0. The van der Waals surface area contributed by atoms with Crippen molar-refractivity contribution in [2.24, 2.45) is 17.6 Å². The van der Waals surface area contributed by atoms with Crippen LogP contribution in [0.1, 0.15) is 50.9 Å². The molecule has 50 heavy (non-hydrogen) atoms. The van der Waals surface area contributed by atoms with Crippen molar-refractivity contribution in [1.82, 2.24) is 10.6 Å². The van der Waals surface area contributed by atoms with E-state index in [4.69, 9.17) is 19.9 Å². The molecule has 268 valence electrons. The number of primary amides is 1. The number of amides is 3. The molecule has 1 aromatic carbocycles. The summed E-state index contributed by atoms with van der Waals surface area (Å²) in [5, 5.41) is 27.3. The molecule has 0 spiro atoms. The maximum atomic E-state index is 13.9. The van der Waals surface area contributed by atoms with Crippen molar-refractivity contribution in [2.75, 3.05) is 14.2 Å². The highest BCUT2D eigenvalue weighted by Gasteiger charge is 2.34. The van der Waals surface area contributed by atoms with Crippen LogP contribution in [-0.2, 0) is 28.6 Å². The average Bonchev–Trinajstić information content (AvgIpc) is 3.07. The van der Waals surface area contributed by atoms with Gasteiger partial charge in [-0.2, -0.15) is 0 Å². The van der Waals surface area contributed by atoms with Crippen LogP contribution in [0.15, 0.2) is 82.8 Å². The Kier molecular flexibility index (Phi) is 13.7. The number of non-ortho nitro benzene ring substituents is 1. The van der Waals surface area contributed by atoms with Crippen LogP contribution in [0.5, 0.6) is 0 Å². The lowest BCUT2D eigenvalue weighted by Gasteiger charge is -2.30. The first-order valence-electron chi connectivity index (χ1n) is 15.7. The van der Waals surface area contributed by atoms with Gasteiger partial charge in [-0.1, -0.05) is 38.2 Å². The molecule has 1 aromatic rings. The van der Waals surface area contributed by atoms with Crippen LogP contribution in [-0.4, -0.2) is 78.1 Å². The molecule has 1 heterocycles.